The lowest BCUT2D eigenvalue weighted by molar-refractivity contribution is 0.0661. The van der Waals surface area contributed by atoms with Crippen molar-refractivity contribution in [3.8, 4) is 0 Å². The molecule has 0 spiro atoms. The first-order valence-corrected chi connectivity index (χ1v) is 6.18. The number of carbonyl (C=O) groups is 1. The van der Waals surface area contributed by atoms with Crippen LogP contribution in [0.15, 0.2) is 28.7 Å². The summed E-state index contributed by atoms with van der Waals surface area (Å²) < 4.78 is 5.15. The SMILES string of the molecule is Cc1ccc(Cl)cc1NCc1cc(C(=O)O)oc1C. The molecule has 0 aliphatic rings. The fourth-order valence-corrected chi connectivity index (χ4v) is 1.95. The van der Waals surface area contributed by atoms with Crippen LogP contribution in [0.1, 0.15) is 27.4 Å². The maximum Gasteiger partial charge on any atom is 0.371 e. The van der Waals surface area contributed by atoms with Gasteiger partial charge in [0.1, 0.15) is 5.76 Å². The number of aromatic carboxylic acids is 1. The first-order valence-electron chi connectivity index (χ1n) is 5.80. The van der Waals surface area contributed by atoms with Gasteiger partial charge >= 0.3 is 5.97 Å². The van der Waals surface area contributed by atoms with Gasteiger partial charge in [-0.2, -0.15) is 0 Å². The van der Waals surface area contributed by atoms with Gasteiger partial charge in [-0.3, -0.25) is 0 Å². The average Bonchev–Trinajstić information content (AvgIpc) is 2.72. The molecule has 0 aliphatic heterocycles. The number of rotatable bonds is 4. The zero-order valence-electron chi connectivity index (χ0n) is 10.7. The Morgan fingerprint density at radius 3 is 2.74 bits per heavy atom. The third-order valence-electron chi connectivity index (χ3n) is 2.90. The molecule has 2 rings (SSSR count). The Labute approximate surface area is 116 Å². The van der Waals surface area contributed by atoms with Crippen LogP contribution in [-0.4, -0.2) is 11.1 Å². The van der Waals surface area contributed by atoms with Gasteiger partial charge in [-0.25, -0.2) is 4.79 Å². The first-order chi connectivity index (χ1) is 8.97. The van der Waals surface area contributed by atoms with Gasteiger partial charge in [0.25, 0.3) is 0 Å². The largest absolute Gasteiger partial charge is 0.475 e. The average molecular weight is 280 g/mol. The molecule has 0 bridgehead atoms. The van der Waals surface area contributed by atoms with Crippen LogP contribution in [0.25, 0.3) is 0 Å². The summed E-state index contributed by atoms with van der Waals surface area (Å²) in [6, 6.07) is 7.12. The fraction of sp³-hybridized carbons (Fsp3) is 0.214. The van der Waals surface area contributed by atoms with Gasteiger partial charge in [-0.05, 0) is 37.6 Å². The van der Waals surface area contributed by atoms with Crippen molar-refractivity contribution in [1.82, 2.24) is 0 Å². The Kier molecular flexibility index (Phi) is 3.81. The number of aryl methyl sites for hydroxylation is 2. The van der Waals surface area contributed by atoms with Gasteiger partial charge < -0.3 is 14.8 Å². The molecule has 2 aromatic rings. The summed E-state index contributed by atoms with van der Waals surface area (Å²) >= 11 is 5.94. The summed E-state index contributed by atoms with van der Waals surface area (Å²) in [5.41, 5.74) is 2.81. The highest BCUT2D eigenvalue weighted by molar-refractivity contribution is 6.30. The molecule has 5 heteroatoms. The standard InChI is InChI=1S/C14H14ClNO3/c1-8-3-4-11(15)6-12(8)16-7-10-5-13(14(17)18)19-9(10)2/h3-6,16H,7H2,1-2H3,(H,17,18). The highest BCUT2D eigenvalue weighted by atomic mass is 35.5. The van der Waals surface area contributed by atoms with Crippen molar-refractivity contribution in [3.05, 3.63) is 51.9 Å². The normalized spacial score (nSPS) is 10.5. The number of benzene rings is 1. The van der Waals surface area contributed by atoms with Crippen molar-refractivity contribution in [2.45, 2.75) is 20.4 Å². The van der Waals surface area contributed by atoms with Gasteiger partial charge in [0.05, 0.1) is 0 Å². The van der Waals surface area contributed by atoms with Crippen LogP contribution in [0.2, 0.25) is 5.02 Å². The van der Waals surface area contributed by atoms with Crippen LogP contribution in [-0.2, 0) is 6.54 Å². The predicted molar refractivity (Wildman–Crippen MR) is 73.9 cm³/mol. The quantitative estimate of drug-likeness (QED) is 0.892. The molecule has 0 aliphatic carbocycles. The minimum Gasteiger partial charge on any atom is -0.475 e. The molecule has 0 radical (unpaired) electrons. The maximum absolute atomic E-state index is 10.8. The van der Waals surface area contributed by atoms with E-state index in [1.54, 1.807) is 6.92 Å². The maximum atomic E-state index is 10.8. The van der Waals surface area contributed by atoms with Crippen molar-refractivity contribution in [1.29, 1.82) is 0 Å². The van der Waals surface area contributed by atoms with Crippen LogP contribution < -0.4 is 5.32 Å². The Morgan fingerprint density at radius 1 is 1.37 bits per heavy atom. The summed E-state index contributed by atoms with van der Waals surface area (Å²) in [6.45, 7) is 4.21. The van der Waals surface area contributed by atoms with Crippen LogP contribution in [0.3, 0.4) is 0 Å². The number of nitrogens with one attached hydrogen (secondary N) is 1. The third kappa shape index (κ3) is 3.09. The minimum atomic E-state index is -1.06. The molecule has 1 heterocycles. The number of carboxylic acids is 1. The zero-order chi connectivity index (χ0) is 14.0. The molecule has 0 amide bonds. The summed E-state index contributed by atoms with van der Waals surface area (Å²) in [5.74, 6) is -0.505. The number of furan rings is 1. The second kappa shape index (κ2) is 5.36. The molecular weight excluding hydrogens is 266 g/mol. The molecular formula is C14H14ClNO3. The molecule has 0 unspecified atom stereocenters. The monoisotopic (exact) mass is 279 g/mol. The summed E-state index contributed by atoms with van der Waals surface area (Å²) in [7, 11) is 0. The number of carboxylic acid groups (broad SMARTS) is 1. The number of halogens is 1. The summed E-state index contributed by atoms with van der Waals surface area (Å²) in [4.78, 5) is 10.8. The zero-order valence-corrected chi connectivity index (χ0v) is 11.4. The highest BCUT2D eigenvalue weighted by Crippen LogP contribution is 2.22. The van der Waals surface area contributed by atoms with Crippen LogP contribution in [0, 0.1) is 13.8 Å². The number of hydrogen-bond donors (Lipinski definition) is 2. The molecule has 2 N–H and O–H groups in total. The molecule has 0 saturated heterocycles. The fourth-order valence-electron chi connectivity index (χ4n) is 1.78. The Morgan fingerprint density at radius 2 is 2.11 bits per heavy atom. The van der Waals surface area contributed by atoms with Crippen molar-refractivity contribution in [2.75, 3.05) is 5.32 Å². The first kappa shape index (κ1) is 13.5. The Balaban J connectivity index is 2.14. The van der Waals surface area contributed by atoms with E-state index in [1.807, 2.05) is 25.1 Å². The van der Waals surface area contributed by atoms with E-state index in [0.29, 0.717) is 17.3 Å². The lowest BCUT2D eigenvalue weighted by atomic mass is 10.2. The van der Waals surface area contributed by atoms with E-state index in [0.717, 1.165) is 16.8 Å². The highest BCUT2D eigenvalue weighted by Gasteiger charge is 2.13. The van der Waals surface area contributed by atoms with Crippen molar-refractivity contribution in [2.24, 2.45) is 0 Å². The van der Waals surface area contributed by atoms with Gasteiger partial charge in [-0.1, -0.05) is 17.7 Å². The molecule has 0 saturated carbocycles. The molecule has 1 aromatic carbocycles. The van der Waals surface area contributed by atoms with E-state index >= 15 is 0 Å². The Hall–Kier alpha value is -1.94. The van der Waals surface area contributed by atoms with E-state index in [9.17, 15) is 4.79 Å². The molecule has 0 fully saturated rings. The van der Waals surface area contributed by atoms with E-state index in [1.165, 1.54) is 6.07 Å². The summed E-state index contributed by atoms with van der Waals surface area (Å²) in [5, 5.41) is 12.7. The topological polar surface area (TPSA) is 62.5 Å². The van der Waals surface area contributed by atoms with E-state index < -0.39 is 5.97 Å². The van der Waals surface area contributed by atoms with E-state index in [-0.39, 0.29) is 5.76 Å². The number of anilines is 1. The lowest BCUT2D eigenvalue weighted by Crippen LogP contribution is -2.01. The van der Waals surface area contributed by atoms with Crippen molar-refractivity contribution < 1.29 is 14.3 Å². The Bertz CT molecular complexity index is 619. The predicted octanol–water partition coefficient (Wildman–Crippen LogP) is 3.86. The summed E-state index contributed by atoms with van der Waals surface area (Å²) in [6.07, 6.45) is 0. The lowest BCUT2D eigenvalue weighted by Gasteiger charge is -2.09. The van der Waals surface area contributed by atoms with E-state index in [2.05, 4.69) is 5.32 Å². The number of hydrogen-bond acceptors (Lipinski definition) is 3. The molecule has 0 atom stereocenters. The van der Waals surface area contributed by atoms with Crippen LogP contribution >= 0.6 is 11.6 Å². The van der Waals surface area contributed by atoms with Gasteiger partial charge in [0.15, 0.2) is 0 Å². The molecule has 19 heavy (non-hydrogen) atoms. The van der Waals surface area contributed by atoms with Crippen molar-refractivity contribution >= 4 is 23.3 Å². The second-order valence-corrected chi connectivity index (χ2v) is 4.75. The van der Waals surface area contributed by atoms with E-state index in [4.69, 9.17) is 21.1 Å². The van der Waals surface area contributed by atoms with Crippen LogP contribution in [0.5, 0.6) is 0 Å². The van der Waals surface area contributed by atoms with Gasteiger partial charge in [0, 0.05) is 22.8 Å². The van der Waals surface area contributed by atoms with Crippen LogP contribution in [0.4, 0.5) is 5.69 Å². The van der Waals surface area contributed by atoms with Crippen molar-refractivity contribution in [3.63, 3.8) is 0 Å². The molecule has 1 aromatic heterocycles. The smallest absolute Gasteiger partial charge is 0.371 e. The molecule has 100 valence electrons. The van der Waals surface area contributed by atoms with Gasteiger partial charge in [0.2, 0.25) is 5.76 Å². The minimum absolute atomic E-state index is 0.0443. The second-order valence-electron chi connectivity index (χ2n) is 4.31. The van der Waals surface area contributed by atoms with Gasteiger partial charge in [-0.15, -0.1) is 0 Å². The molecule has 4 nitrogen and oxygen atoms in total. The third-order valence-corrected chi connectivity index (χ3v) is 3.14.